The van der Waals surface area contributed by atoms with Crippen molar-refractivity contribution in [3.8, 4) is 45.3 Å². The van der Waals surface area contributed by atoms with Gasteiger partial charge in [-0.1, -0.05) is 339 Å². The van der Waals surface area contributed by atoms with Crippen molar-refractivity contribution in [3.05, 3.63) is 351 Å². The molecule has 96 heavy (non-hydrogen) atoms. The lowest BCUT2D eigenvalue weighted by molar-refractivity contribution is 0.590. The number of nitrogens with zero attached hydrogens (tertiary/aromatic N) is 4. The minimum absolute atomic E-state index is 0.0828. The highest BCUT2D eigenvalue weighted by atomic mass is 28.3. The summed E-state index contributed by atoms with van der Waals surface area (Å²) in [6, 6.07) is 128. The van der Waals surface area contributed by atoms with E-state index in [0.717, 1.165) is 39.3 Å². The molecule has 6 heteroatoms. The zero-order valence-electron chi connectivity index (χ0n) is 55.1. The van der Waals surface area contributed by atoms with Crippen molar-refractivity contribution in [1.82, 2.24) is 19.1 Å². The fourth-order valence-corrected chi connectivity index (χ4v) is 25.1. The Bertz CT molecular complexity index is 5140. The van der Waals surface area contributed by atoms with Gasteiger partial charge in [-0.3, -0.25) is 9.13 Å². The van der Waals surface area contributed by atoms with Crippen molar-refractivity contribution in [2.75, 3.05) is 0 Å². The van der Waals surface area contributed by atoms with Crippen LogP contribution in [0.4, 0.5) is 0 Å². The Morgan fingerprint density at radius 2 is 0.531 bits per heavy atom. The first-order valence-corrected chi connectivity index (χ1v) is 37.5. The Balaban J connectivity index is 1.10. The van der Waals surface area contributed by atoms with Gasteiger partial charge < -0.3 is 0 Å². The molecule has 16 aromatic rings. The molecule has 0 aliphatic rings. The van der Waals surface area contributed by atoms with Crippen LogP contribution < -0.4 is 41.5 Å². The summed E-state index contributed by atoms with van der Waals surface area (Å²) in [4.78, 5) is 12.2. The van der Waals surface area contributed by atoms with E-state index in [9.17, 15) is 0 Å². The van der Waals surface area contributed by atoms with Crippen LogP contribution in [-0.4, -0.2) is 35.2 Å². The maximum atomic E-state index is 6.12. The van der Waals surface area contributed by atoms with Crippen molar-refractivity contribution >= 4 is 101 Å². The van der Waals surface area contributed by atoms with E-state index in [1.807, 2.05) is 0 Å². The standard InChI is InChI=1S/C90H74N4Si2/c1-89(2,3)68-51-53-84-80(59-68)81-60-69(90(4,5)6)52-54-85(81)94(84)87-62-86(93-82-49-27-25-47-78(82)79-48-26-28-50-83(79)93)91-88(92-87)67-57-76(95(70-37-17-9-18-38-70,71-39-19-10-20-40-71)74-45-29-35-65(55-74)63-31-13-7-14-32-63)61-77(58-67)96(72-41-21-11-22-42-72,73-43-23-12-24-44-73)75-46-30-36-66(56-75)64-33-15-8-16-34-64/h7-62H,1-6H3. The Hall–Kier alpha value is -11.0. The summed E-state index contributed by atoms with van der Waals surface area (Å²) in [5.41, 5.74) is 12.4. The van der Waals surface area contributed by atoms with Crippen LogP contribution in [0.25, 0.3) is 88.9 Å². The third-order valence-corrected chi connectivity index (χ3v) is 29.4. The molecule has 3 aromatic heterocycles. The zero-order valence-corrected chi connectivity index (χ0v) is 57.1. The van der Waals surface area contributed by atoms with Crippen LogP contribution in [0.15, 0.2) is 340 Å². The lowest BCUT2D eigenvalue weighted by Crippen LogP contribution is -2.78. The highest BCUT2D eigenvalue weighted by Crippen LogP contribution is 2.40. The fourth-order valence-electron chi connectivity index (χ4n) is 15.2. The number of aromatic nitrogens is 4. The Kier molecular flexibility index (Phi) is 15.0. The van der Waals surface area contributed by atoms with Gasteiger partial charge in [0.1, 0.15) is 11.6 Å². The van der Waals surface area contributed by atoms with Gasteiger partial charge in [-0.15, -0.1) is 0 Å². The Morgan fingerprint density at radius 3 is 0.896 bits per heavy atom. The molecule has 4 nitrogen and oxygen atoms in total. The van der Waals surface area contributed by atoms with E-state index in [1.54, 1.807) is 0 Å². The average molecular weight is 1270 g/mol. The monoisotopic (exact) mass is 1270 g/mol. The van der Waals surface area contributed by atoms with E-state index in [1.165, 1.54) is 96.4 Å². The van der Waals surface area contributed by atoms with Crippen LogP contribution in [0.3, 0.4) is 0 Å². The maximum absolute atomic E-state index is 6.12. The van der Waals surface area contributed by atoms with E-state index >= 15 is 0 Å². The summed E-state index contributed by atoms with van der Waals surface area (Å²) in [7, 11) is -6.94. The lowest BCUT2D eigenvalue weighted by atomic mass is 9.85. The van der Waals surface area contributed by atoms with Crippen LogP contribution in [-0.2, 0) is 10.8 Å². The lowest BCUT2D eigenvalue weighted by Gasteiger charge is -2.38. The molecule has 0 saturated heterocycles. The van der Waals surface area contributed by atoms with Gasteiger partial charge >= 0.3 is 0 Å². The van der Waals surface area contributed by atoms with Gasteiger partial charge in [-0.05, 0) is 122 Å². The summed E-state index contributed by atoms with van der Waals surface area (Å²) in [6.45, 7) is 13.9. The summed E-state index contributed by atoms with van der Waals surface area (Å²) < 4.78 is 4.79. The first kappa shape index (κ1) is 60.0. The molecule has 0 amide bonds. The first-order chi connectivity index (χ1) is 46.8. The highest BCUT2D eigenvalue weighted by Gasteiger charge is 2.47. The molecule has 0 fully saturated rings. The minimum atomic E-state index is -3.47. The second kappa shape index (κ2) is 24.1. The molecule has 0 saturated carbocycles. The Labute approximate surface area is 565 Å². The average Bonchev–Trinajstić information content (AvgIpc) is 1.60. The van der Waals surface area contributed by atoms with Gasteiger partial charge in [-0.2, -0.15) is 0 Å². The van der Waals surface area contributed by atoms with Crippen molar-refractivity contribution in [2.24, 2.45) is 0 Å². The zero-order chi connectivity index (χ0) is 65.2. The molecule has 0 unspecified atom stereocenters. The third-order valence-electron chi connectivity index (χ3n) is 19.9. The van der Waals surface area contributed by atoms with E-state index in [-0.39, 0.29) is 10.8 Å². The predicted molar refractivity (Wildman–Crippen MR) is 412 cm³/mol. The molecule has 0 bridgehead atoms. The van der Waals surface area contributed by atoms with E-state index < -0.39 is 16.1 Å². The smallest absolute Gasteiger partial charge is 0.179 e. The largest absolute Gasteiger partial charge is 0.294 e. The quantitative estimate of drug-likeness (QED) is 0.0852. The first-order valence-electron chi connectivity index (χ1n) is 33.5. The molecule has 0 atom stereocenters. The highest BCUT2D eigenvalue weighted by molar-refractivity contribution is 7.22. The minimum Gasteiger partial charge on any atom is -0.294 e. The second-order valence-corrected chi connectivity index (χ2v) is 35.4. The SMILES string of the molecule is CC(C)(C)c1ccc2c(c1)c1cc(C(C)(C)C)ccc1n2-c1cc(-n2c3ccccc3c3ccccc32)nc(-c2cc([Si](c3ccccc3)(c3ccccc3)c3cccc(-c4ccccc4)c3)cc([Si](c3ccccc3)(c3ccccc3)c3cccc(-c4ccccc4)c3)c2)n1. The van der Waals surface area contributed by atoms with Crippen LogP contribution in [0.2, 0.25) is 0 Å². The van der Waals surface area contributed by atoms with Crippen molar-refractivity contribution in [1.29, 1.82) is 0 Å². The number of rotatable bonds is 13. The van der Waals surface area contributed by atoms with Crippen LogP contribution in [0, 0.1) is 0 Å². The summed E-state index contributed by atoms with van der Waals surface area (Å²) in [6.07, 6.45) is 0. The second-order valence-electron chi connectivity index (χ2n) is 27.7. The summed E-state index contributed by atoms with van der Waals surface area (Å²) in [5.74, 6) is 2.19. The van der Waals surface area contributed by atoms with Crippen LogP contribution in [0.1, 0.15) is 52.7 Å². The van der Waals surface area contributed by atoms with E-state index in [4.69, 9.17) is 9.97 Å². The van der Waals surface area contributed by atoms with Gasteiger partial charge in [-0.25, -0.2) is 9.97 Å². The number of fused-ring (bicyclic) bond motifs is 6. The fraction of sp³-hybridized carbons (Fsp3) is 0.0889. The van der Waals surface area contributed by atoms with Gasteiger partial charge in [0.05, 0.1) is 22.1 Å². The summed E-state index contributed by atoms with van der Waals surface area (Å²) >= 11 is 0. The normalized spacial score (nSPS) is 12.3. The Morgan fingerprint density at radius 1 is 0.229 bits per heavy atom. The van der Waals surface area contributed by atoms with Gasteiger partial charge in [0, 0.05) is 33.2 Å². The molecule has 13 aromatic carbocycles. The topological polar surface area (TPSA) is 35.6 Å². The van der Waals surface area contributed by atoms with Gasteiger partial charge in [0.2, 0.25) is 0 Å². The molecule has 462 valence electrons. The summed E-state index contributed by atoms with van der Waals surface area (Å²) in [5, 5.41) is 14.8. The van der Waals surface area contributed by atoms with Gasteiger partial charge in [0.15, 0.2) is 22.0 Å². The third kappa shape index (κ3) is 10.3. The molecule has 0 radical (unpaired) electrons. The number of hydrogen-bond donors (Lipinski definition) is 0. The number of para-hydroxylation sites is 2. The van der Waals surface area contributed by atoms with Crippen LogP contribution in [0.5, 0.6) is 0 Å². The number of hydrogen-bond acceptors (Lipinski definition) is 2. The van der Waals surface area contributed by atoms with E-state index in [2.05, 4.69) is 390 Å². The molecule has 3 heterocycles. The van der Waals surface area contributed by atoms with Crippen molar-refractivity contribution < 1.29 is 0 Å². The molecule has 16 rings (SSSR count). The van der Waals surface area contributed by atoms with E-state index in [0.29, 0.717) is 5.82 Å². The molecule has 0 N–H and O–H groups in total. The molecule has 0 aliphatic heterocycles. The van der Waals surface area contributed by atoms with Crippen molar-refractivity contribution in [3.63, 3.8) is 0 Å². The predicted octanol–water partition coefficient (Wildman–Crippen LogP) is 17.0. The molecular formula is C90H74N4Si2. The molecule has 0 aliphatic carbocycles. The van der Waals surface area contributed by atoms with Crippen LogP contribution >= 0.6 is 0 Å². The maximum Gasteiger partial charge on any atom is 0.179 e. The van der Waals surface area contributed by atoms with Crippen molar-refractivity contribution in [2.45, 2.75) is 52.4 Å². The number of benzene rings is 13. The molecular weight excluding hydrogens is 1190 g/mol. The van der Waals surface area contributed by atoms with Gasteiger partial charge in [0.25, 0.3) is 0 Å². The molecule has 0 spiro atoms.